The molecular formula is C12H18N4O3. The molecule has 7 nitrogen and oxygen atoms in total. The van der Waals surface area contributed by atoms with E-state index in [0.717, 1.165) is 0 Å². The smallest absolute Gasteiger partial charge is 0.356 e. The van der Waals surface area contributed by atoms with E-state index in [4.69, 9.17) is 5.73 Å². The maximum Gasteiger partial charge on any atom is 0.356 e. The summed E-state index contributed by atoms with van der Waals surface area (Å²) in [4.78, 5) is 27.0. The topological polar surface area (TPSA) is 106 Å². The van der Waals surface area contributed by atoms with E-state index in [1.165, 1.54) is 19.2 Å². The van der Waals surface area contributed by atoms with Crippen LogP contribution in [0.25, 0.3) is 0 Å². The van der Waals surface area contributed by atoms with Crippen LogP contribution in [0.4, 0.5) is 11.5 Å². The molecule has 7 heteroatoms. The second-order valence-electron chi connectivity index (χ2n) is 3.89. The summed E-state index contributed by atoms with van der Waals surface area (Å²) in [5.41, 5.74) is 6.22. The van der Waals surface area contributed by atoms with Crippen LogP contribution >= 0.6 is 0 Å². The number of carbonyl (C=O) groups excluding carboxylic acids is 2. The van der Waals surface area contributed by atoms with Crippen molar-refractivity contribution < 1.29 is 14.3 Å². The number of anilines is 2. The van der Waals surface area contributed by atoms with Crippen molar-refractivity contribution in [3.05, 3.63) is 17.8 Å². The van der Waals surface area contributed by atoms with Crippen LogP contribution in [0.2, 0.25) is 0 Å². The van der Waals surface area contributed by atoms with E-state index >= 15 is 0 Å². The fourth-order valence-electron chi connectivity index (χ4n) is 1.40. The van der Waals surface area contributed by atoms with Gasteiger partial charge in [-0.1, -0.05) is 0 Å². The number of methoxy groups -OCH3 is 1. The third-order valence-electron chi connectivity index (χ3n) is 2.42. The molecule has 0 bridgehead atoms. The lowest BCUT2D eigenvalue weighted by atomic mass is 10.2. The number of pyridine rings is 1. The minimum atomic E-state index is -0.561. The minimum Gasteiger partial charge on any atom is -0.464 e. The van der Waals surface area contributed by atoms with Gasteiger partial charge in [0.05, 0.1) is 12.8 Å². The Bertz CT molecular complexity index is 476. The zero-order valence-electron chi connectivity index (χ0n) is 11.2. The second kappa shape index (κ2) is 6.58. The molecule has 19 heavy (non-hydrogen) atoms. The molecule has 1 amide bonds. The van der Waals surface area contributed by atoms with Gasteiger partial charge in [-0.25, -0.2) is 9.78 Å². The van der Waals surface area contributed by atoms with Gasteiger partial charge >= 0.3 is 5.97 Å². The highest BCUT2D eigenvalue weighted by molar-refractivity contribution is 5.89. The number of hydrogen-bond acceptors (Lipinski definition) is 6. The Hall–Kier alpha value is -2.31. The van der Waals surface area contributed by atoms with Crippen LogP contribution in [-0.2, 0) is 9.53 Å². The highest BCUT2D eigenvalue weighted by Crippen LogP contribution is 2.17. The molecule has 0 radical (unpaired) electrons. The number of ether oxygens (including phenoxy) is 1. The average molecular weight is 266 g/mol. The molecule has 4 N–H and O–H groups in total. The molecule has 104 valence electrons. The maximum absolute atomic E-state index is 11.6. The molecule has 1 heterocycles. The third-order valence-corrected chi connectivity index (χ3v) is 2.42. The summed E-state index contributed by atoms with van der Waals surface area (Å²) >= 11 is 0. The summed E-state index contributed by atoms with van der Waals surface area (Å²) in [6.45, 7) is 4.04. The number of nitrogens with one attached hydrogen (secondary N) is 2. The largest absolute Gasteiger partial charge is 0.464 e. The number of hydrogen-bond donors (Lipinski definition) is 3. The van der Waals surface area contributed by atoms with Gasteiger partial charge in [0.2, 0.25) is 5.91 Å². The first-order valence-electron chi connectivity index (χ1n) is 5.88. The van der Waals surface area contributed by atoms with Crippen LogP contribution in [0, 0.1) is 0 Å². The molecule has 1 atom stereocenters. The van der Waals surface area contributed by atoms with Crippen molar-refractivity contribution >= 4 is 23.4 Å². The molecule has 0 saturated heterocycles. The average Bonchev–Trinajstić information content (AvgIpc) is 2.40. The molecule has 0 saturated carbocycles. The molecule has 0 aromatic carbocycles. The Balaban J connectivity index is 2.88. The Morgan fingerprint density at radius 1 is 1.47 bits per heavy atom. The Morgan fingerprint density at radius 3 is 2.74 bits per heavy atom. The Labute approximate surface area is 111 Å². The summed E-state index contributed by atoms with van der Waals surface area (Å²) in [6.07, 6.45) is 0. The van der Waals surface area contributed by atoms with E-state index in [9.17, 15) is 9.59 Å². The van der Waals surface area contributed by atoms with Gasteiger partial charge in [0.1, 0.15) is 6.04 Å². The maximum atomic E-state index is 11.6. The fourth-order valence-corrected chi connectivity index (χ4v) is 1.40. The lowest BCUT2D eigenvalue weighted by molar-refractivity contribution is -0.121. The Kier molecular flexibility index (Phi) is 5.11. The van der Waals surface area contributed by atoms with Crippen LogP contribution in [0.15, 0.2) is 12.1 Å². The SMILES string of the molecule is CCNC(=O)C(C)Nc1nc(C(=O)OC)ccc1N. The van der Waals surface area contributed by atoms with Crippen molar-refractivity contribution in [3.63, 3.8) is 0 Å². The normalized spacial score (nSPS) is 11.5. The highest BCUT2D eigenvalue weighted by atomic mass is 16.5. The summed E-state index contributed by atoms with van der Waals surface area (Å²) in [5.74, 6) is -0.456. The number of nitrogens with two attached hydrogens (primary N) is 1. The first-order chi connectivity index (χ1) is 8.99. The van der Waals surface area contributed by atoms with Gasteiger partial charge in [-0.3, -0.25) is 4.79 Å². The van der Waals surface area contributed by atoms with E-state index in [1.807, 2.05) is 6.92 Å². The standard InChI is InChI=1S/C12H18N4O3/c1-4-14-11(17)7(2)15-10-8(13)5-6-9(16-10)12(18)19-3/h5-7H,4,13H2,1-3H3,(H,14,17)(H,15,16). The van der Waals surface area contributed by atoms with E-state index in [-0.39, 0.29) is 17.4 Å². The van der Waals surface area contributed by atoms with Gasteiger partial charge in [-0.05, 0) is 26.0 Å². The fraction of sp³-hybridized carbons (Fsp3) is 0.417. The van der Waals surface area contributed by atoms with Gasteiger partial charge in [0.25, 0.3) is 0 Å². The van der Waals surface area contributed by atoms with Crippen molar-refractivity contribution in [1.82, 2.24) is 10.3 Å². The van der Waals surface area contributed by atoms with Gasteiger partial charge in [-0.2, -0.15) is 0 Å². The highest BCUT2D eigenvalue weighted by Gasteiger charge is 2.15. The quantitative estimate of drug-likeness (QED) is 0.665. The minimum absolute atomic E-state index is 0.127. The molecule has 0 fully saturated rings. The molecule has 0 aliphatic heterocycles. The molecular weight excluding hydrogens is 248 g/mol. The van der Waals surface area contributed by atoms with Crippen LogP contribution in [-0.4, -0.2) is 36.6 Å². The molecule has 1 aromatic heterocycles. The molecule has 1 aromatic rings. The first kappa shape index (κ1) is 14.7. The summed E-state index contributed by atoms with van der Waals surface area (Å²) in [7, 11) is 1.27. The summed E-state index contributed by atoms with van der Waals surface area (Å²) in [5, 5.41) is 5.53. The lowest BCUT2D eigenvalue weighted by Gasteiger charge is -2.15. The van der Waals surface area contributed by atoms with Crippen molar-refractivity contribution in [3.8, 4) is 0 Å². The molecule has 0 spiro atoms. The Morgan fingerprint density at radius 2 is 2.16 bits per heavy atom. The van der Waals surface area contributed by atoms with Crippen LogP contribution in [0.1, 0.15) is 24.3 Å². The second-order valence-corrected chi connectivity index (χ2v) is 3.89. The van der Waals surface area contributed by atoms with Crippen molar-refractivity contribution in [2.75, 3.05) is 24.7 Å². The third kappa shape index (κ3) is 3.84. The predicted molar refractivity (Wildman–Crippen MR) is 71.8 cm³/mol. The number of rotatable bonds is 5. The number of nitrogen functional groups attached to an aromatic ring is 1. The van der Waals surface area contributed by atoms with E-state index in [2.05, 4.69) is 20.4 Å². The summed E-state index contributed by atoms with van der Waals surface area (Å²) in [6, 6.07) is 2.48. The van der Waals surface area contributed by atoms with Gasteiger partial charge < -0.3 is 21.1 Å². The molecule has 0 aliphatic carbocycles. The zero-order chi connectivity index (χ0) is 14.4. The van der Waals surface area contributed by atoms with Crippen molar-refractivity contribution in [2.24, 2.45) is 0 Å². The number of carbonyl (C=O) groups is 2. The van der Waals surface area contributed by atoms with Crippen molar-refractivity contribution in [1.29, 1.82) is 0 Å². The van der Waals surface area contributed by atoms with E-state index in [0.29, 0.717) is 12.2 Å². The zero-order valence-corrected chi connectivity index (χ0v) is 11.2. The number of likely N-dealkylation sites (N-methyl/N-ethyl adjacent to an activating group) is 1. The number of amides is 1. The van der Waals surface area contributed by atoms with E-state index < -0.39 is 12.0 Å². The monoisotopic (exact) mass is 266 g/mol. The van der Waals surface area contributed by atoms with Crippen molar-refractivity contribution in [2.45, 2.75) is 19.9 Å². The van der Waals surface area contributed by atoms with Crippen LogP contribution in [0.3, 0.4) is 0 Å². The first-order valence-corrected chi connectivity index (χ1v) is 5.88. The predicted octanol–water partition coefficient (Wildman–Crippen LogP) is 0.387. The van der Waals surface area contributed by atoms with Crippen LogP contribution < -0.4 is 16.4 Å². The van der Waals surface area contributed by atoms with Gasteiger partial charge in [-0.15, -0.1) is 0 Å². The van der Waals surface area contributed by atoms with E-state index in [1.54, 1.807) is 6.92 Å². The summed E-state index contributed by atoms with van der Waals surface area (Å²) < 4.78 is 4.57. The van der Waals surface area contributed by atoms with Gasteiger partial charge in [0, 0.05) is 6.54 Å². The lowest BCUT2D eigenvalue weighted by Crippen LogP contribution is -2.37. The number of esters is 1. The number of aromatic nitrogens is 1. The molecule has 1 unspecified atom stereocenters. The van der Waals surface area contributed by atoms with Crippen LogP contribution in [0.5, 0.6) is 0 Å². The molecule has 0 aliphatic rings. The van der Waals surface area contributed by atoms with Gasteiger partial charge in [0.15, 0.2) is 11.5 Å². The number of nitrogens with zero attached hydrogens (tertiary/aromatic N) is 1. The molecule has 1 rings (SSSR count).